The number of aryl methyl sites for hydroxylation is 1. The van der Waals surface area contributed by atoms with E-state index in [9.17, 15) is 9.18 Å². The molecule has 122 valence electrons. The predicted octanol–water partition coefficient (Wildman–Crippen LogP) is 3.94. The minimum atomic E-state index is -0.711. The Labute approximate surface area is 135 Å². The van der Waals surface area contributed by atoms with Gasteiger partial charge in [-0.3, -0.25) is 4.79 Å². The summed E-state index contributed by atoms with van der Waals surface area (Å²) in [5.74, 6) is 0.600. The molecule has 0 aromatic heterocycles. The maximum atomic E-state index is 13.5. The van der Waals surface area contributed by atoms with E-state index in [1.165, 1.54) is 6.07 Å². The lowest BCUT2D eigenvalue weighted by molar-refractivity contribution is -0.122. The highest BCUT2D eigenvalue weighted by Crippen LogP contribution is 2.19. The number of carbonyl (C=O) groups excluding carboxylic acids is 1. The van der Waals surface area contributed by atoms with Gasteiger partial charge in [-0.15, -0.1) is 0 Å². The van der Waals surface area contributed by atoms with Crippen LogP contribution in [0.15, 0.2) is 42.5 Å². The van der Waals surface area contributed by atoms with E-state index in [-0.39, 0.29) is 11.7 Å². The second-order valence-corrected chi connectivity index (χ2v) is 5.12. The Morgan fingerprint density at radius 1 is 1.17 bits per heavy atom. The van der Waals surface area contributed by atoms with Gasteiger partial charge in [0.15, 0.2) is 6.10 Å². The third-order valence-corrected chi connectivity index (χ3v) is 3.26. The Balaban J connectivity index is 1.95. The molecule has 0 aliphatic heterocycles. The lowest BCUT2D eigenvalue weighted by atomic mass is 10.2. The van der Waals surface area contributed by atoms with Crippen LogP contribution in [0.4, 0.5) is 10.1 Å². The molecule has 0 aliphatic rings. The molecule has 5 heteroatoms. The van der Waals surface area contributed by atoms with E-state index < -0.39 is 6.10 Å². The minimum absolute atomic E-state index is 0.345. The lowest BCUT2D eigenvalue weighted by Gasteiger charge is -2.15. The van der Waals surface area contributed by atoms with Crippen LogP contribution in [0.5, 0.6) is 11.5 Å². The van der Waals surface area contributed by atoms with Crippen molar-refractivity contribution in [2.75, 3.05) is 11.9 Å². The molecule has 2 aromatic carbocycles. The zero-order chi connectivity index (χ0) is 16.8. The largest absolute Gasteiger partial charge is 0.494 e. The maximum Gasteiger partial charge on any atom is 0.265 e. The smallest absolute Gasteiger partial charge is 0.265 e. The molecule has 23 heavy (non-hydrogen) atoms. The number of hydrogen-bond donors (Lipinski definition) is 1. The van der Waals surface area contributed by atoms with Crippen molar-refractivity contribution in [3.8, 4) is 11.5 Å². The summed E-state index contributed by atoms with van der Waals surface area (Å²) in [5.41, 5.74) is 0.932. The first-order valence-electron chi connectivity index (χ1n) is 7.46. The van der Waals surface area contributed by atoms with E-state index in [4.69, 9.17) is 9.47 Å². The van der Waals surface area contributed by atoms with E-state index >= 15 is 0 Å². The molecule has 4 nitrogen and oxygen atoms in total. The molecule has 1 atom stereocenters. The van der Waals surface area contributed by atoms with Crippen LogP contribution in [0.3, 0.4) is 0 Å². The van der Waals surface area contributed by atoms with Gasteiger partial charge in [0.25, 0.3) is 5.91 Å². The van der Waals surface area contributed by atoms with E-state index in [0.717, 1.165) is 5.75 Å². The number of rotatable bonds is 6. The van der Waals surface area contributed by atoms with Crippen molar-refractivity contribution in [3.05, 3.63) is 53.8 Å². The van der Waals surface area contributed by atoms with Gasteiger partial charge >= 0.3 is 0 Å². The van der Waals surface area contributed by atoms with E-state index in [0.29, 0.717) is 23.6 Å². The number of anilines is 1. The first-order chi connectivity index (χ1) is 11.0. The average molecular weight is 317 g/mol. The molecule has 0 unspecified atom stereocenters. The Morgan fingerprint density at radius 2 is 1.83 bits per heavy atom. The minimum Gasteiger partial charge on any atom is -0.494 e. The molecular weight excluding hydrogens is 297 g/mol. The van der Waals surface area contributed by atoms with Crippen LogP contribution in [0.2, 0.25) is 0 Å². The summed E-state index contributed by atoms with van der Waals surface area (Å²) in [6.07, 6.45) is -0.711. The fourth-order valence-electron chi connectivity index (χ4n) is 1.95. The Bertz CT molecular complexity index is 670. The molecule has 2 aromatic rings. The standard InChI is InChI=1S/C18H20FNO3/c1-4-22-15-7-9-16(10-8-15)23-13(3)18(21)20-14-6-5-12(2)17(19)11-14/h5-11,13H,4H2,1-3H3,(H,20,21)/t13-/m0/s1. The molecule has 0 spiro atoms. The molecule has 2 rings (SSSR count). The van der Waals surface area contributed by atoms with Crippen molar-refractivity contribution in [2.24, 2.45) is 0 Å². The van der Waals surface area contributed by atoms with Crippen LogP contribution in [0, 0.1) is 12.7 Å². The molecular formula is C18H20FNO3. The molecule has 0 radical (unpaired) electrons. The van der Waals surface area contributed by atoms with Gasteiger partial charge in [-0.2, -0.15) is 0 Å². The zero-order valence-electron chi connectivity index (χ0n) is 13.4. The Hall–Kier alpha value is -2.56. The second-order valence-electron chi connectivity index (χ2n) is 5.12. The first-order valence-corrected chi connectivity index (χ1v) is 7.46. The van der Waals surface area contributed by atoms with Crippen LogP contribution >= 0.6 is 0 Å². The summed E-state index contributed by atoms with van der Waals surface area (Å²) in [6.45, 7) is 5.80. The molecule has 0 saturated carbocycles. The van der Waals surface area contributed by atoms with Gasteiger partial charge in [0.2, 0.25) is 0 Å². The number of halogens is 1. The van der Waals surface area contributed by atoms with E-state index in [1.54, 1.807) is 50.2 Å². The van der Waals surface area contributed by atoms with Crippen LogP contribution in [0.25, 0.3) is 0 Å². The lowest BCUT2D eigenvalue weighted by Crippen LogP contribution is -2.30. The molecule has 0 saturated heterocycles. The van der Waals surface area contributed by atoms with Crippen LogP contribution in [-0.4, -0.2) is 18.6 Å². The number of benzene rings is 2. The van der Waals surface area contributed by atoms with Crippen LogP contribution in [-0.2, 0) is 4.79 Å². The number of hydrogen-bond acceptors (Lipinski definition) is 3. The van der Waals surface area contributed by atoms with Crippen molar-refractivity contribution >= 4 is 11.6 Å². The normalized spacial score (nSPS) is 11.7. The van der Waals surface area contributed by atoms with Gasteiger partial charge < -0.3 is 14.8 Å². The topological polar surface area (TPSA) is 47.6 Å². The Kier molecular flexibility index (Phi) is 5.57. The molecule has 1 amide bonds. The van der Waals surface area contributed by atoms with Crippen molar-refractivity contribution < 1.29 is 18.7 Å². The van der Waals surface area contributed by atoms with Gasteiger partial charge in [-0.05, 0) is 62.7 Å². The monoisotopic (exact) mass is 317 g/mol. The predicted molar refractivity (Wildman–Crippen MR) is 87.5 cm³/mol. The maximum absolute atomic E-state index is 13.5. The second kappa shape index (κ2) is 7.63. The van der Waals surface area contributed by atoms with Crippen molar-refractivity contribution in [2.45, 2.75) is 26.9 Å². The summed E-state index contributed by atoms with van der Waals surface area (Å²) in [5, 5.41) is 2.63. The Morgan fingerprint density at radius 3 is 2.43 bits per heavy atom. The third-order valence-electron chi connectivity index (χ3n) is 3.26. The van der Waals surface area contributed by atoms with Crippen molar-refractivity contribution in [1.82, 2.24) is 0 Å². The van der Waals surface area contributed by atoms with Crippen molar-refractivity contribution in [1.29, 1.82) is 0 Å². The molecule has 0 heterocycles. The van der Waals surface area contributed by atoms with Crippen molar-refractivity contribution in [3.63, 3.8) is 0 Å². The fraction of sp³-hybridized carbons (Fsp3) is 0.278. The average Bonchev–Trinajstić information content (AvgIpc) is 2.53. The first kappa shape index (κ1) is 16.8. The summed E-state index contributed by atoms with van der Waals surface area (Å²) >= 11 is 0. The van der Waals surface area contributed by atoms with Gasteiger partial charge in [0.05, 0.1) is 6.61 Å². The van der Waals surface area contributed by atoms with E-state index in [1.807, 2.05) is 6.92 Å². The van der Waals surface area contributed by atoms with Gasteiger partial charge in [-0.1, -0.05) is 6.07 Å². The SMILES string of the molecule is CCOc1ccc(O[C@@H](C)C(=O)Nc2ccc(C)c(F)c2)cc1. The summed E-state index contributed by atoms with van der Waals surface area (Å²) in [6, 6.07) is 11.6. The zero-order valence-corrected chi connectivity index (χ0v) is 13.4. The summed E-state index contributed by atoms with van der Waals surface area (Å²) in [7, 11) is 0. The van der Waals surface area contributed by atoms with Crippen LogP contribution < -0.4 is 14.8 Å². The third kappa shape index (κ3) is 4.71. The summed E-state index contributed by atoms with van der Waals surface area (Å²) in [4.78, 5) is 12.1. The highest BCUT2D eigenvalue weighted by molar-refractivity contribution is 5.94. The highest BCUT2D eigenvalue weighted by Gasteiger charge is 2.15. The van der Waals surface area contributed by atoms with E-state index in [2.05, 4.69) is 5.32 Å². The fourth-order valence-corrected chi connectivity index (χ4v) is 1.95. The quantitative estimate of drug-likeness (QED) is 0.878. The summed E-state index contributed by atoms with van der Waals surface area (Å²) < 4.78 is 24.4. The number of ether oxygens (including phenoxy) is 2. The van der Waals surface area contributed by atoms with Gasteiger partial charge in [-0.25, -0.2) is 4.39 Å². The van der Waals surface area contributed by atoms with Gasteiger partial charge in [0, 0.05) is 5.69 Å². The molecule has 1 N–H and O–H groups in total. The molecule has 0 fully saturated rings. The van der Waals surface area contributed by atoms with Crippen LogP contribution in [0.1, 0.15) is 19.4 Å². The molecule has 0 aliphatic carbocycles. The number of carbonyl (C=O) groups is 1. The number of amides is 1. The van der Waals surface area contributed by atoms with Gasteiger partial charge in [0.1, 0.15) is 17.3 Å². The highest BCUT2D eigenvalue weighted by atomic mass is 19.1. The molecule has 0 bridgehead atoms. The number of nitrogens with one attached hydrogen (secondary N) is 1.